The molecule has 2 aromatic rings. The van der Waals surface area contributed by atoms with E-state index in [9.17, 15) is 18.4 Å². The van der Waals surface area contributed by atoms with Crippen molar-refractivity contribution in [2.45, 2.75) is 12.7 Å². The Kier molecular flexibility index (Phi) is 5.88. The van der Waals surface area contributed by atoms with Crippen LogP contribution >= 0.6 is 0 Å². The molecular formula is C20H18F2N2O4. The predicted octanol–water partition coefficient (Wildman–Crippen LogP) is 2.84. The molecule has 1 unspecified atom stereocenters. The predicted molar refractivity (Wildman–Crippen MR) is 99.4 cm³/mol. The van der Waals surface area contributed by atoms with Gasteiger partial charge in [0.05, 0.1) is 12.2 Å². The van der Waals surface area contributed by atoms with Gasteiger partial charge in [-0.1, -0.05) is 30.3 Å². The number of fused-ring (bicyclic) bond motifs is 1. The molecule has 0 saturated carbocycles. The number of amides is 2. The third-order valence-electron chi connectivity index (χ3n) is 4.12. The molecule has 0 radical (unpaired) electrons. The first-order chi connectivity index (χ1) is 13.5. The summed E-state index contributed by atoms with van der Waals surface area (Å²) in [5.74, 6) is -0.402. The quantitative estimate of drug-likeness (QED) is 0.800. The van der Waals surface area contributed by atoms with E-state index in [1.165, 1.54) is 30.2 Å². The van der Waals surface area contributed by atoms with Crippen LogP contribution in [0.15, 0.2) is 54.6 Å². The van der Waals surface area contributed by atoms with E-state index >= 15 is 0 Å². The van der Waals surface area contributed by atoms with Gasteiger partial charge in [0.25, 0.3) is 11.8 Å². The van der Waals surface area contributed by atoms with Crippen LogP contribution in [0.1, 0.15) is 5.56 Å². The normalized spacial score (nSPS) is 15.9. The summed E-state index contributed by atoms with van der Waals surface area (Å²) in [5.41, 5.74) is 0.856. The van der Waals surface area contributed by atoms with E-state index in [0.717, 1.165) is 0 Å². The lowest BCUT2D eigenvalue weighted by Gasteiger charge is -2.33. The number of halogens is 2. The molecule has 1 heterocycles. The number of rotatable bonds is 5. The summed E-state index contributed by atoms with van der Waals surface area (Å²) >= 11 is 0. The summed E-state index contributed by atoms with van der Waals surface area (Å²) in [4.78, 5) is 26.2. The van der Waals surface area contributed by atoms with Gasteiger partial charge in [-0.3, -0.25) is 9.59 Å². The lowest BCUT2D eigenvalue weighted by molar-refractivity contribution is -0.127. The molecular weight excluding hydrogens is 370 g/mol. The van der Waals surface area contributed by atoms with Crippen molar-refractivity contribution in [1.29, 1.82) is 0 Å². The summed E-state index contributed by atoms with van der Waals surface area (Å²) < 4.78 is 35.2. The number of anilines is 1. The van der Waals surface area contributed by atoms with Crippen molar-refractivity contribution >= 4 is 23.6 Å². The van der Waals surface area contributed by atoms with E-state index in [2.05, 4.69) is 10.1 Å². The minimum absolute atomic E-state index is 0.0229. The number of para-hydroxylation sites is 3. The lowest BCUT2D eigenvalue weighted by atomic mass is 10.1. The number of hydrogen-bond acceptors (Lipinski definition) is 4. The highest BCUT2D eigenvalue weighted by molar-refractivity contribution is 6.06. The first-order valence-electron chi connectivity index (χ1n) is 8.50. The van der Waals surface area contributed by atoms with E-state index in [1.54, 1.807) is 42.5 Å². The number of likely N-dealkylation sites (N-methyl/N-ethyl adjacent to an activating group) is 1. The first kappa shape index (κ1) is 19.3. The molecule has 0 aliphatic carbocycles. The highest BCUT2D eigenvalue weighted by atomic mass is 19.3. The summed E-state index contributed by atoms with van der Waals surface area (Å²) in [6.07, 6.45) is 1.79. The Balaban J connectivity index is 1.86. The van der Waals surface area contributed by atoms with E-state index in [4.69, 9.17) is 4.74 Å². The van der Waals surface area contributed by atoms with Crippen LogP contribution in [0.5, 0.6) is 11.5 Å². The van der Waals surface area contributed by atoms with Crippen LogP contribution in [0.2, 0.25) is 0 Å². The van der Waals surface area contributed by atoms with Gasteiger partial charge in [-0.15, -0.1) is 0 Å². The highest BCUT2D eigenvalue weighted by Gasteiger charge is 2.32. The molecule has 3 rings (SSSR count). The highest BCUT2D eigenvalue weighted by Crippen LogP contribution is 2.33. The molecule has 1 aliphatic heterocycles. The van der Waals surface area contributed by atoms with E-state index < -0.39 is 18.6 Å². The molecule has 2 amide bonds. The van der Waals surface area contributed by atoms with Gasteiger partial charge in [0.1, 0.15) is 11.5 Å². The molecule has 0 bridgehead atoms. The zero-order valence-electron chi connectivity index (χ0n) is 15.0. The average Bonchev–Trinajstić information content (AvgIpc) is 2.71. The molecule has 1 atom stereocenters. The first-order valence-corrected chi connectivity index (χ1v) is 8.50. The van der Waals surface area contributed by atoms with Crippen LogP contribution in [0.3, 0.4) is 0 Å². The molecule has 8 heteroatoms. The number of carbonyl (C=O) groups is 2. The SMILES string of the molecule is CNC(=O)C1CN(C(=O)/C=C/c2ccccc2OC(F)F)c2ccccc2O1. The van der Waals surface area contributed by atoms with Crippen molar-refractivity contribution in [2.75, 3.05) is 18.5 Å². The van der Waals surface area contributed by atoms with Gasteiger partial charge in [-0.05, 0) is 24.3 Å². The largest absolute Gasteiger partial charge is 0.477 e. The Morgan fingerprint density at radius 3 is 2.68 bits per heavy atom. The molecule has 6 nitrogen and oxygen atoms in total. The Bertz CT molecular complexity index is 901. The van der Waals surface area contributed by atoms with E-state index in [-0.39, 0.29) is 18.2 Å². The molecule has 146 valence electrons. The van der Waals surface area contributed by atoms with Gasteiger partial charge in [0.15, 0.2) is 6.10 Å². The fourth-order valence-corrected chi connectivity index (χ4v) is 2.81. The number of nitrogens with zero attached hydrogens (tertiary/aromatic N) is 1. The van der Waals surface area contributed by atoms with Crippen molar-refractivity contribution in [1.82, 2.24) is 5.32 Å². The second kappa shape index (κ2) is 8.51. The smallest absolute Gasteiger partial charge is 0.387 e. The fourth-order valence-electron chi connectivity index (χ4n) is 2.81. The summed E-state index contributed by atoms with van der Waals surface area (Å²) in [7, 11) is 1.48. The second-order valence-electron chi connectivity index (χ2n) is 5.89. The van der Waals surface area contributed by atoms with Gasteiger partial charge in [-0.25, -0.2) is 0 Å². The summed E-state index contributed by atoms with van der Waals surface area (Å²) in [5, 5.41) is 2.50. The van der Waals surface area contributed by atoms with Crippen molar-refractivity contribution in [3.05, 3.63) is 60.2 Å². The molecule has 1 N–H and O–H groups in total. The monoisotopic (exact) mass is 388 g/mol. The zero-order valence-corrected chi connectivity index (χ0v) is 15.0. The molecule has 0 spiro atoms. The van der Waals surface area contributed by atoms with Crippen LogP contribution in [0.4, 0.5) is 14.5 Å². The maximum Gasteiger partial charge on any atom is 0.387 e. The van der Waals surface area contributed by atoms with Crippen LogP contribution in [0, 0.1) is 0 Å². The molecule has 28 heavy (non-hydrogen) atoms. The van der Waals surface area contributed by atoms with Crippen LogP contribution < -0.4 is 19.7 Å². The minimum atomic E-state index is -2.97. The van der Waals surface area contributed by atoms with Gasteiger partial charge >= 0.3 is 6.61 Å². The van der Waals surface area contributed by atoms with Crippen molar-refractivity contribution in [2.24, 2.45) is 0 Å². The number of nitrogens with one attached hydrogen (secondary N) is 1. The van der Waals surface area contributed by atoms with E-state index in [0.29, 0.717) is 17.0 Å². The van der Waals surface area contributed by atoms with Crippen LogP contribution in [-0.2, 0) is 9.59 Å². The number of alkyl halides is 2. The van der Waals surface area contributed by atoms with Crippen molar-refractivity contribution in [3.63, 3.8) is 0 Å². The van der Waals surface area contributed by atoms with Gasteiger partial charge in [0, 0.05) is 18.7 Å². The Morgan fingerprint density at radius 1 is 1.21 bits per heavy atom. The van der Waals surface area contributed by atoms with Crippen LogP contribution in [0.25, 0.3) is 6.08 Å². The topological polar surface area (TPSA) is 67.9 Å². The number of ether oxygens (including phenoxy) is 2. The summed E-state index contributed by atoms with van der Waals surface area (Å²) in [6.45, 7) is -2.95. The molecule has 2 aromatic carbocycles. The van der Waals surface area contributed by atoms with Crippen molar-refractivity contribution in [3.8, 4) is 11.5 Å². The molecule has 0 saturated heterocycles. The Labute approximate surface area is 160 Å². The van der Waals surface area contributed by atoms with Crippen molar-refractivity contribution < 1.29 is 27.8 Å². The molecule has 0 fully saturated rings. The number of carbonyl (C=O) groups excluding carboxylic acids is 2. The average molecular weight is 388 g/mol. The second-order valence-corrected chi connectivity index (χ2v) is 5.89. The Hall–Kier alpha value is -3.42. The van der Waals surface area contributed by atoms with Gasteiger partial charge in [-0.2, -0.15) is 8.78 Å². The maximum atomic E-state index is 12.8. The molecule has 0 aromatic heterocycles. The lowest BCUT2D eigenvalue weighted by Crippen LogP contribution is -2.49. The zero-order chi connectivity index (χ0) is 20.1. The number of hydrogen-bond donors (Lipinski definition) is 1. The summed E-state index contributed by atoms with van der Waals surface area (Å²) in [6, 6.07) is 13.0. The standard InChI is InChI=1S/C20H18F2N2O4/c1-23-19(26)17-12-24(14-7-3-5-9-16(14)27-17)18(25)11-10-13-6-2-4-8-15(13)28-20(21)22/h2-11,17,20H,12H2,1H3,(H,23,26)/b11-10+. The maximum absolute atomic E-state index is 12.8. The molecule has 1 aliphatic rings. The third kappa shape index (κ3) is 4.28. The minimum Gasteiger partial charge on any atom is -0.477 e. The third-order valence-corrected chi connectivity index (χ3v) is 4.12. The van der Waals surface area contributed by atoms with Gasteiger partial charge < -0.3 is 19.7 Å². The van der Waals surface area contributed by atoms with E-state index in [1.807, 2.05) is 0 Å². The van der Waals surface area contributed by atoms with Gasteiger partial charge in [0.2, 0.25) is 0 Å². The fraction of sp³-hybridized carbons (Fsp3) is 0.200. The Morgan fingerprint density at radius 2 is 1.93 bits per heavy atom. The van der Waals surface area contributed by atoms with Crippen LogP contribution in [-0.4, -0.2) is 38.1 Å². The number of benzene rings is 2.